The molecule has 0 aliphatic carbocycles. The molecule has 2 heteroatoms. The van der Waals surface area contributed by atoms with Crippen molar-refractivity contribution in [3.63, 3.8) is 0 Å². The van der Waals surface area contributed by atoms with Crippen molar-refractivity contribution in [3.8, 4) is 0 Å². The van der Waals surface area contributed by atoms with Crippen molar-refractivity contribution >= 4 is 17.1 Å². The smallest absolute Gasteiger partial charge is 0.203 e. The molecule has 0 bridgehead atoms. The quantitative estimate of drug-likeness (QED) is 0.639. The second-order valence-electron chi connectivity index (χ2n) is 4.63. The van der Waals surface area contributed by atoms with Crippen molar-refractivity contribution in [3.05, 3.63) is 93.7 Å². The van der Waals surface area contributed by atoms with Gasteiger partial charge in [-0.05, 0) is 29.0 Å². The molecule has 2 aromatic carbocycles. The molecule has 0 saturated carbocycles. The Bertz CT molecular complexity index is 699. The largest absolute Gasteiger partial charge is 0.288 e. The summed E-state index contributed by atoms with van der Waals surface area (Å²) in [5, 5.41) is 1.94. The highest BCUT2D eigenvalue weighted by Gasteiger charge is 2.14. The van der Waals surface area contributed by atoms with Gasteiger partial charge in [-0.2, -0.15) is 0 Å². The van der Waals surface area contributed by atoms with Gasteiger partial charge >= 0.3 is 0 Å². The monoisotopic (exact) mass is 278 g/mol. The van der Waals surface area contributed by atoms with E-state index in [0.717, 1.165) is 22.4 Å². The number of ketones is 1. The Morgan fingerprint density at radius 2 is 1.60 bits per heavy atom. The van der Waals surface area contributed by atoms with Gasteiger partial charge in [-0.1, -0.05) is 60.7 Å². The van der Waals surface area contributed by atoms with E-state index in [-0.39, 0.29) is 5.78 Å². The molecule has 0 N–H and O–H groups in total. The fourth-order valence-electron chi connectivity index (χ4n) is 2.25. The second-order valence-corrected chi connectivity index (χ2v) is 5.57. The zero-order valence-corrected chi connectivity index (χ0v) is 11.8. The van der Waals surface area contributed by atoms with Gasteiger partial charge in [0.2, 0.25) is 5.78 Å². The van der Waals surface area contributed by atoms with E-state index < -0.39 is 0 Å². The highest BCUT2D eigenvalue weighted by atomic mass is 32.1. The maximum absolute atomic E-state index is 12.5. The molecule has 1 heterocycles. The number of carbonyl (C=O) groups is 1. The summed E-state index contributed by atoms with van der Waals surface area (Å²) < 4.78 is 0. The molecule has 0 unspecified atom stereocenters. The molecule has 0 fully saturated rings. The van der Waals surface area contributed by atoms with Crippen LogP contribution in [0.5, 0.6) is 0 Å². The fraction of sp³-hybridized carbons (Fsp3) is 0.0556. The highest BCUT2D eigenvalue weighted by Crippen LogP contribution is 2.20. The van der Waals surface area contributed by atoms with Crippen molar-refractivity contribution in [1.82, 2.24) is 0 Å². The minimum atomic E-state index is 0.117. The van der Waals surface area contributed by atoms with Gasteiger partial charge in [0.1, 0.15) is 0 Å². The molecule has 3 rings (SSSR count). The Labute approximate surface area is 122 Å². The summed E-state index contributed by atoms with van der Waals surface area (Å²) in [6, 6.07) is 21.9. The van der Waals surface area contributed by atoms with Crippen molar-refractivity contribution in [1.29, 1.82) is 0 Å². The molecule has 20 heavy (non-hydrogen) atoms. The number of benzene rings is 2. The van der Waals surface area contributed by atoms with Crippen LogP contribution in [0.15, 0.2) is 72.1 Å². The lowest BCUT2D eigenvalue weighted by atomic mass is 9.97. The summed E-state index contributed by atoms with van der Waals surface area (Å²) in [6.45, 7) is 0. The van der Waals surface area contributed by atoms with Gasteiger partial charge in [0.05, 0.1) is 4.88 Å². The SMILES string of the molecule is O=C(c1cccs1)c1ccccc1Cc1ccccc1. The topological polar surface area (TPSA) is 17.1 Å². The molecule has 0 radical (unpaired) electrons. The van der Waals surface area contributed by atoms with Gasteiger partial charge < -0.3 is 0 Å². The van der Waals surface area contributed by atoms with Gasteiger partial charge in [0.25, 0.3) is 0 Å². The number of thiophene rings is 1. The summed E-state index contributed by atoms with van der Waals surface area (Å²) in [5.41, 5.74) is 3.11. The van der Waals surface area contributed by atoms with Crippen LogP contribution in [0.3, 0.4) is 0 Å². The Kier molecular flexibility index (Phi) is 3.75. The van der Waals surface area contributed by atoms with Crippen molar-refractivity contribution < 1.29 is 4.79 Å². The van der Waals surface area contributed by atoms with E-state index in [1.54, 1.807) is 0 Å². The van der Waals surface area contributed by atoms with Crippen LogP contribution in [-0.2, 0) is 6.42 Å². The average Bonchev–Trinajstić information content (AvgIpc) is 3.02. The molecule has 1 nitrogen and oxygen atoms in total. The maximum atomic E-state index is 12.5. The van der Waals surface area contributed by atoms with Gasteiger partial charge in [-0.15, -0.1) is 11.3 Å². The van der Waals surface area contributed by atoms with Crippen LogP contribution < -0.4 is 0 Å². The van der Waals surface area contributed by atoms with Crippen LogP contribution in [0.2, 0.25) is 0 Å². The third-order valence-electron chi connectivity index (χ3n) is 3.24. The molecule has 0 spiro atoms. The van der Waals surface area contributed by atoms with Crippen molar-refractivity contribution in [2.45, 2.75) is 6.42 Å². The Morgan fingerprint density at radius 3 is 2.35 bits per heavy atom. The molecule has 0 amide bonds. The first kappa shape index (κ1) is 12.8. The third kappa shape index (κ3) is 2.70. The van der Waals surface area contributed by atoms with E-state index in [9.17, 15) is 4.79 Å². The summed E-state index contributed by atoms with van der Waals surface area (Å²) >= 11 is 1.49. The van der Waals surface area contributed by atoms with Crippen LogP contribution >= 0.6 is 11.3 Å². The minimum Gasteiger partial charge on any atom is -0.288 e. The van der Waals surface area contributed by atoms with Crippen LogP contribution in [0.1, 0.15) is 26.4 Å². The fourth-order valence-corrected chi connectivity index (χ4v) is 2.93. The second kappa shape index (κ2) is 5.85. The summed E-state index contributed by atoms with van der Waals surface area (Å²) in [5.74, 6) is 0.117. The molecule has 0 saturated heterocycles. The molecule has 0 aliphatic heterocycles. The molecule has 0 aliphatic rings. The molecule has 98 valence electrons. The lowest BCUT2D eigenvalue weighted by Crippen LogP contribution is -2.04. The first-order valence-corrected chi connectivity index (χ1v) is 7.42. The summed E-state index contributed by atoms with van der Waals surface area (Å²) in [6.07, 6.45) is 0.786. The van der Waals surface area contributed by atoms with Gasteiger partial charge in [-0.25, -0.2) is 0 Å². The van der Waals surface area contributed by atoms with Crippen molar-refractivity contribution in [2.75, 3.05) is 0 Å². The molecular formula is C18H14OS. The van der Waals surface area contributed by atoms with E-state index in [4.69, 9.17) is 0 Å². The maximum Gasteiger partial charge on any atom is 0.203 e. The minimum absolute atomic E-state index is 0.117. The van der Waals surface area contributed by atoms with Crippen LogP contribution in [-0.4, -0.2) is 5.78 Å². The molecule has 3 aromatic rings. The zero-order chi connectivity index (χ0) is 13.8. The first-order chi connectivity index (χ1) is 9.84. The van der Waals surface area contributed by atoms with E-state index >= 15 is 0 Å². The van der Waals surface area contributed by atoms with Crippen LogP contribution in [0, 0.1) is 0 Å². The Balaban J connectivity index is 1.95. The number of carbonyl (C=O) groups excluding carboxylic acids is 1. The predicted octanol–water partition coefficient (Wildman–Crippen LogP) is 4.57. The van der Waals surface area contributed by atoms with Crippen LogP contribution in [0.4, 0.5) is 0 Å². The third-order valence-corrected chi connectivity index (χ3v) is 4.11. The number of hydrogen-bond acceptors (Lipinski definition) is 2. The lowest BCUT2D eigenvalue weighted by Gasteiger charge is -2.08. The predicted molar refractivity (Wildman–Crippen MR) is 83.4 cm³/mol. The van der Waals surface area contributed by atoms with Crippen molar-refractivity contribution in [2.24, 2.45) is 0 Å². The molecule has 1 aromatic heterocycles. The molecular weight excluding hydrogens is 264 g/mol. The van der Waals surface area contributed by atoms with E-state index in [1.807, 2.05) is 60.0 Å². The number of hydrogen-bond donors (Lipinski definition) is 0. The molecule has 0 atom stereocenters. The van der Waals surface area contributed by atoms with Gasteiger partial charge in [-0.3, -0.25) is 4.79 Å². The Hall–Kier alpha value is -2.19. The standard InChI is InChI=1S/C18H14OS/c19-18(17-11-6-12-20-17)16-10-5-4-9-15(16)13-14-7-2-1-3-8-14/h1-12H,13H2. The normalized spacial score (nSPS) is 10.4. The first-order valence-electron chi connectivity index (χ1n) is 6.54. The number of rotatable bonds is 4. The van der Waals surface area contributed by atoms with E-state index in [1.165, 1.54) is 16.9 Å². The van der Waals surface area contributed by atoms with Gasteiger partial charge in [0.15, 0.2) is 0 Å². The average molecular weight is 278 g/mol. The summed E-state index contributed by atoms with van der Waals surface area (Å²) in [7, 11) is 0. The highest BCUT2D eigenvalue weighted by molar-refractivity contribution is 7.12. The van der Waals surface area contributed by atoms with Crippen LogP contribution in [0.25, 0.3) is 0 Å². The Morgan fingerprint density at radius 1 is 0.850 bits per heavy atom. The zero-order valence-electron chi connectivity index (χ0n) is 11.0. The lowest BCUT2D eigenvalue weighted by molar-refractivity contribution is 0.104. The van der Waals surface area contributed by atoms with E-state index in [0.29, 0.717) is 0 Å². The van der Waals surface area contributed by atoms with E-state index in [2.05, 4.69) is 12.1 Å². The summed E-state index contributed by atoms with van der Waals surface area (Å²) in [4.78, 5) is 13.3. The van der Waals surface area contributed by atoms with Gasteiger partial charge in [0, 0.05) is 5.56 Å².